The van der Waals surface area contributed by atoms with E-state index in [1.165, 1.54) is 0 Å². The topological polar surface area (TPSA) is 114 Å². The van der Waals surface area contributed by atoms with Crippen molar-refractivity contribution in [2.45, 2.75) is 49.0 Å². The number of likely N-dealkylation sites (N-methyl/N-ethyl adjacent to an activating group) is 1. The van der Waals surface area contributed by atoms with Crippen molar-refractivity contribution in [2.75, 3.05) is 33.2 Å². The van der Waals surface area contributed by atoms with Gasteiger partial charge in [0.15, 0.2) is 11.2 Å². The van der Waals surface area contributed by atoms with E-state index in [9.17, 15) is 19.8 Å². The maximum atomic E-state index is 14.0. The van der Waals surface area contributed by atoms with Crippen LogP contribution in [0.15, 0.2) is 109 Å². The van der Waals surface area contributed by atoms with Gasteiger partial charge in [-0.15, -0.1) is 0 Å². The van der Waals surface area contributed by atoms with Gasteiger partial charge in [-0.05, 0) is 97.9 Å². The Hall–Kier alpha value is -4.34. The molecule has 4 aromatic rings. The highest BCUT2D eigenvalue weighted by atomic mass is 16.3. The summed E-state index contributed by atoms with van der Waals surface area (Å²) in [6, 6.07) is 32.5. The fourth-order valence-corrected chi connectivity index (χ4v) is 6.89. The molecule has 0 saturated carbocycles. The van der Waals surface area contributed by atoms with Crippen LogP contribution in [-0.4, -0.2) is 72.2 Å². The Kier molecular flexibility index (Phi) is 9.84. The zero-order valence-corrected chi connectivity index (χ0v) is 26.9. The summed E-state index contributed by atoms with van der Waals surface area (Å²) in [5, 5.41) is 34.1. The maximum absolute atomic E-state index is 14.0. The Morgan fingerprint density at radius 3 is 1.62 bits per heavy atom. The number of hydrogen-bond acceptors (Lipinski definition) is 6. The van der Waals surface area contributed by atoms with Crippen LogP contribution in [-0.2, 0) is 20.8 Å². The summed E-state index contributed by atoms with van der Waals surface area (Å²) >= 11 is 0. The molecule has 8 heteroatoms. The first kappa shape index (κ1) is 32.6. The molecule has 2 heterocycles. The van der Waals surface area contributed by atoms with Crippen molar-refractivity contribution in [1.82, 2.24) is 20.9 Å². The molecule has 3 atom stereocenters. The molecule has 2 aliphatic heterocycles. The molecule has 0 spiro atoms. The molecule has 0 aromatic heterocycles. The highest BCUT2D eigenvalue weighted by molar-refractivity contribution is 5.92. The predicted molar refractivity (Wildman–Crippen MR) is 183 cm³/mol. The number of benzene rings is 4. The minimum Gasteiger partial charge on any atom is -0.372 e. The molecule has 2 saturated heterocycles. The van der Waals surface area contributed by atoms with Gasteiger partial charge in [-0.2, -0.15) is 0 Å². The minimum atomic E-state index is -1.94. The third-order valence-electron chi connectivity index (χ3n) is 9.57. The predicted octanol–water partition coefficient (Wildman–Crippen LogP) is 3.90. The van der Waals surface area contributed by atoms with Crippen molar-refractivity contribution in [1.29, 1.82) is 0 Å². The highest BCUT2D eigenvalue weighted by Gasteiger charge is 2.43. The van der Waals surface area contributed by atoms with Crippen LogP contribution in [0, 0.1) is 0 Å². The van der Waals surface area contributed by atoms with Crippen LogP contribution >= 0.6 is 0 Å². The maximum Gasteiger partial charge on any atom is 0.261 e. The molecule has 4 aromatic carbocycles. The van der Waals surface area contributed by atoms with Crippen molar-refractivity contribution in [2.24, 2.45) is 0 Å². The first-order chi connectivity index (χ1) is 22.8. The van der Waals surface area contributed by atoms with E-state index >= 15 is 0 Å². The summed E-state index contributed by atoms with van der Waals surface area (Å²) in [7, 11) is 2.04. The molecule has 47 heavy (non-hydrogen) atoms. The first-order valence-electron chi connectivity index (χ1n) is 16.6. The van der Waals surface area contributed by atoms with Crippen LogP contribution in [0.25, 0.3) is 11.1 Å². The summed E-state index contributed by atoms with van der Waals surface area (Å²) in [6.45, 7) is 3.33. The lowest BCUT2D eigenvalue weighted by Crippen LogP contribution is -2.53. The normalized spacial score (nSPS) is 20.0. The Bertz CT molecular complexity index is 1680. The average molecular weight is 633 g/mol. The molecular formula is C39H44N4O4. The molecular weight excluding hydrogens is 588 g/mol. The smallest absolute Gasteiger partial charge is 0.261 e. The fourth-order valence-electron chi connectivity index (χ4n) is 6.89. The number of piperidine rings is 2. The molecule has 2 amide bonds. The minimum absolute atomic E-state index is 0.0327. The molecule has 5 N–H and O–H groups in total. The summed E-state index contributed by atoms with van der Waals surface area (Å²) in [6.07, 6.45) is 3.41. The van der Waals surface area contributed by atoms with Crippen molar-refractivity contribution < 1.29 is 19.8 Å². The zero-order chi connectivity index (χ0) is 32.9. The number of rotatable bonds is 9. The third-order valence-corrected chi connectivity index (χ3v) is 9.57. The molecule has 8 nitrogen and oxygen atoms in total. The van der Waals surface area contributed by atoms with E-state index in [1.54, 1.807) is 36.4 Å². The van der Waals surface area contributed by atoms with Crippen LogP contribution in [0.2, 0.25) is 0 Å². The van der Waals surface area contributed by atoms with Gasteiger partial charge in [0, 0.05) is 18.6 Å². The summed E-state index contributed by atoms with van der Waals surface area (Å²) < 4.78 is 0. The van der Waals surface area contributed by atoms with Gasteiger partial charge in [-0.25, -0.2) is 0 Å². The fraction of sp³-hybridized carbons (Fsp3) is 0.333. The molecule has 244 valence electrons. The van der Waals surface area contributed by atoms with Crippen molar-refractivity contribution in [3.8, 4) is 11.1 Å². The van der Waals surface area contributed by atoms with Crippen molar-refractivity contribution in [3.63, 3.8) is 0 Å². The molecule has 6 rings (SSSR count). The summed E-state index contributed by atoms with van der Waals surface area (Å²) in [5.41, 5.74) is -0.606. The van der Waals surface area contributed by atoms with Gasteiger partial charge in [0.05, 0.1) is 0 Å². The van der Waals surface area contributed by atoms with E-state index in [2.05, 4.69) is 20.9 Å². The number of aliphatic hydroxyl groups is 2. The van der Waals surface area contributed by atoms with Gasteiger partial charge in [0.2, 0.25) is 0 Å². The lowest BCUT2D eigenvalue weighted by Gasteiger charge is -2.34. The van der Waals surface area contributed by atoms with E-state index in [0.29, 0.717) is 22.3 Å². The standard InChI is InChI=1S/C39H44N4O4/c1-43-24-10-19-35(27-43)42-37(45)39(47,31-15-6-3-7-16-31)33-18-9-12-29(26-33)28-11-8-17-32(25-28)38(46,30-13-4-2-5-14-30)36(44)41-34-20-22-40-23-21-34/h2-9,11-18,25-26,34-35,40,46-47H,10,19-24,27H2,1H3,(H,41,44)(H,42,45). The molecule has 0 radical (unpaired) electrons. The summed E-state index contributed by atoms with van der Waals surface area (Å²) in [4.78, 5) is 30.1. The van der Waals surface area contributed by atoms with Crippen LogP contribution in [0.3, 0.4) is 0 Å². The van der Waals surface area contributed by atoms with Gasteiger partial charge in [-0.1, -0.05) is 97.1 Å². The number of hydrogen-bond donors (Lipinski definition) is 5. The quantitative estimate of drug-likeness (QED) is 0.191. The van der Waals surface area contributed by atoms with Gasteiger partial charge < -0.3 is 31.1 Å². The second kappa shape index (κ2) is 14.2. The molecule has 2 aliphatic rings. The molecule has 2 fully saturated rings. The molecule has 0 aliphatic carbocycles. The molecule has 0 bridgehead atoms. The SMILES string of the molecule is CN1CCCC(NC(=O)C(O)(c2ccccc2)c2cccc(-c3cccc(C(O)(C(=O)NC4CCNCC4)c4ccccc4)c3)c2)C1. The van der Waals surface area contributed by atoms with Crippen LogP contribution in [0.4, 0.5) is 0 Å². The Morgan fingerprint density at radius 2 is 1.13 bits per heavy atom. The number of amides is 2. The second-order valence-electron chi connectivity index (χ2n) is 12.9. The third kappa shape index (κ3) is 6.87. The van der Waals surface area contributed by atoms with Gasteiger partial charge >= 0.3 is 0 Å². The number of likely N-dealkylation sites (tertiary alicyclic amines) is 1. The van der Waals surface area contributed by atoms with Crippen molar-refractivity contribution in [3.05, 3.63) is 131 Å². The van der Waals surface area contributed by atoms with Gasteiger partial charge in [-0.3, -0.25) is 9.59 Å². The van der Waals surface area contributed by atoms with E-state index in [0.717, 1.165) is 63.0 Å². The number of nitrogens with one attached hydrogen (secondary N) is 3. The Labute approximate surface area is 276 Å². The average Bonchev–Trinajstić information content (AvgIpc) is 3.12. The van der Waals surface area contributed by atoms with Gasteiger partial charge in [0.1, 0.15) is 0 Å². The van der Waals surface area contributed by atoms with E-state index < -0.39 is 23.0 Å². The van der Waals surface area contributed by atoms with Crippen molar-refractivity contribution >= 4 is 11.8 Å². The Balaban J connectivity index is 1.37. The van der Waals surface area contributed by atoms with Crippen LogP contribution < -0.4 is 16.0 Å². The zero-order valence-electron chi connectivity index (χ0n) is 26.9. The monoisotopic (exact) mass is 632 g/mol. The first-order valence-corrected chi connectivity index (χ1v) is 16.6. The number of nitrogens with zero attached hydrogens (tertiary/aromatic N) is 1. The highest BCUT2D eigenvalue weighted by Crippen LogP contribution is 2.36. The van der Waals surface area contributed by atoms with Crippen LogP contribution in [0.1, 0.15) is 47.9 Å². The van der Waals surface area contributed by atoms with Gasteiger partial charge in [0.25, 0.3) is 11.8 Å². The number of carbonyl (C=O) groups excluding carboxylic acids is 2. The lowest BCUT2D eigenvalue weighted by molar-refractivity contribution is -0.138. The van der Waals surface area contributed by atoms with E-state index in [-0.39, 0.29) is 12.1 Å². The van der Waals surface area contributed by atoms with E-state index in [1.807, 2.05) is 79.8 Å². The second-order valence-corrected chi connectivity index (χ2v) is 12.9. The molecule has 3 unspecified atom stereocenters. The Morgan fingerprint density at radius 1 is 0.660 bits per heavy atom. The largest absolute Gasteiger partial charge is 0.372 e. The number of carbonyl (C=O) groups is 2. The van der Waals surface area contributed by atoms with Crippen LogP contribution in [0.5, 0.6) is 0 Å². The lowest BCUT2D eigenvalue weighted by atomic mass is 9.82. The summed E-state index contributed by atoms with van der Waals surface area (Å²) in [5.74, 6) is -0.937. The van der Waals surface area contributed by atoms with E-state index in [4.69, 9.17) is 0 Å².